The number of benzene rings is 1. The molecule has 1 aliphatic rings. The highest BCUT2D eigenvalue weighted by molar-refractivity contribution is 7.89. The summed E-state index contributed by atoms with van der Waals surface area (Å²) in [5, 5.41) is 3.09. The molecular weight excluding hydrogens is 272 g/mol. The Kier molecular flexibility index (Phi) is 4.83. The van der Waals surface area contributed by atoms with Crippen molar-refractivity contribution in [2.24, 2.45) is 0 Å². The van der Waals surface area contributed by atoms with E-state index in [-0.39, 0.29) is 6.04 Å². The summed E-state index contributed by atoms with van der Waals surface area (Å²) in [7, 11) is -1.51. The van der Waals surface area contributed by atoms with Gasteiger partial charge in [-0.15, -0.1) is 0 Å². The zero-order valence-electron chi connectivity index (χ0n) is 12.5. The highest BCUT2D eigenvalue weighted by atomic mass is 32.2. The lowest BCUT2D eigenvalue weighted by Crippen LogP contribution is -2.40. The summed E-state index contributed by atoms with van der Waals surface area (Å²) in [6.07, 6.45) is 1.87. The van der Waals surface area contributed by atoms with Crippen LogP contribution in [0.4, 0.5) is 0 Å². The Morgan fingerprint density at radius 3 is 2.80 bits per heavy atom. The van der Waals surface area contributed by atoms with Crippen molar-refractivity contribution in [3.63, 3.8) is 0 Å². The SMILES string of the molecule is CNCC1CCCN1S(=O)(=O)c1cccc(C(C)C)c1. The molecule has 112 valence electrons. The number of likely N-dealkylation sites (N-methyl/N-ethyl adjacent to an activating group) is 1. The Hall–Kier alpha value is -0.910. The topological polar surface area (TPSA) is 49.4 Å². The van der Waals surface area contributed by atoms with E-state index in [1.807, 2.05) is 25.2 Å². The van der Waals surface area contributed by atoms with E-state index in [0.29, 0.717) is 23.9 Å². The summed E-state index contributed by atoms with van der Waals surface area (Å²) in [4.78, 5) is 0.423. The predicted octanol–water partition coefficient (Wildman–Crippen LogP) is 2.18. The molecular formula is C15H24N2O2S. The summed E-state index contributed by atoms with van der Waals surface area (Å²) in [5.74, 6) is 0.330. The molecule has 1 aromatic carbocycles. The molecule has 4 nitrogen and oxygen atoms in total. The minimum absolute atomic E-state index is 0.0766. The van der Waals surface area contributed by atoms with Crippen molar-refractivity contribution in [3.8, 4) is 0 Å². The molecule has 1 saturated heterocycles. The largest absolute Gasteiger partial charge is 0.318 e. The minimum Gasteiger partial charge on any atom is -0.318 e. The molecule has 0 spiro atoms. The maximum absolute atomic E-state index is 12.8. The Morgan fingerprint density at radius 1 is 1.40 bits per heavy atom. The molecule has 1 aromatic rings. The van der Waals surface area contributed by atoms with E-state index < -0.39 is 10.0 Å². The van der Waals surface area contributed by atoms with Crippen LogP contribution in [0.15, 0.2) is 29.2 Å². The third kappa shape index (κ3) is 3.05. The number of hydrogen-bond acceptors (Lipinski definition) is 3. The zero-order valence-corrected chi connectivity index (χ0v) is 13.3. The fourth-order valence-corrected chi connectivity index (χ4v) is 4.48. The van der Waals surface area contributed by atoms with E-state index in [2.05, 4.69) is 19.2 Å². The molecule has 20 heavy (non-hydrogen) atoms. The Morgan fingerprint density at radius 2 is 2.15 bits per heavy atom. The second-order valence-electron chi connectivity index (χ2n) is 5.70. The molecule has 0 saturated carbocycles. The van der Waals surface area contributed by atoms with Crippen molar-refractivity contribution in [3.05, 3.63) is 29.8 Å². The van der Waals surface area contributed by atoms with E-state index >= 15 is 0 Å². The van der Waals surface area contributed by atoms with E-state index in [1.165, 1.54) is 0 Å². The van der Waals surface area contributed by atoms with Crippen LogP contribution in [-0.2, 0) is 10.0 Å². The third-order valence-corrected chi connectivity index (χ3v) is 5.84. The lowest BCUT2D eigenvalue weighted by molar-refractivity contribution is 0.379. The van der Waals surface area contributed by atoms with Crippen LogP contribution in [0.25, 0.3) is 0 Å². The number of nitrogens with one attached hydrogen (secondary N) is 1. The van der Waals surface area contributed by atoms with Gasteiger partial charge in [0.15, 0.2) is 0 Å². The molecule has 0 aromatic heterocycles. The highest BCUT2D eigenvalue weighted by Crippen LogP contribution is 2.27. The highest BCUT2D eigenvalue weighted by Gasteiger charge is 2.34. The van der Waals surface area contributed by atoms with Gasteiger partial charge in [0.05, 0.1) is 4.90 Å². The van der Waals surface area contributed by atoms with Crippen molar-refractivity contribution >= 4 is 10.0 Å². The number of hydrogen-bond donors (Lipinski definition) is 1. The molecule has 0 aliphatic carbocycles. The quantitative estimate of drug-likeness (QED) is 0.906. The van der Waals surface area contributed by atoms with Gasteiger partial charge in [0, 0.05) is 19.1 Å². The monoisotopic (exact) mass is 296 g/mol. The van der Waals surface area contributed by atoms with Crippen LogP contribution in [0, 0.1) is 0 Å². The first-order valence-corrected chi connectivity index (χ1v) is 8.67. The van der Waals surface area contributed by atoms with Crippen LogP contribution in [0.1, 0.15) is 38.2 Å². The van der Waals surface area contributed by atoms with Gasteiger partial charge in [-0.25, -0.2) is 8.42 Å². The lowest BCUT2D eigenvalue weighted by atomic mass is 10.0. The van der Waals surface area contributed by atoms with Gasteiger partial charge in [0.1, 0.15) is 0 Å². The van der Waals surface area contributed by atoms with Crippen LogP contribution in [0.2, 0.25) is 0 Å². The standard InChI is InChI=1S/C15H24N2O2S/c1-12(2)13-6-4-8-15(10-13)20(18,19)17-9-5-7-14(17)11-16-3/h4,6,8,10,12,14,16H,5,7,9,11H2,1-3H3. The van der Waals surface area contributed by atoms with Crippen LogP contribution >= 0.6 is 0 Å². The van der Waals surface area contributed by atoms with Gasteiger partial charge in [0.2, 0.25) is 10.0 Å². The molecule has 1 fully saturated rings. The predicted molar refractivity (Wildman–Crippen MR) is 81.4 cm³/mol. The molecule has 2 rings (SSSR count). The van der Waals surface area contributed by atoms with E-state index in [9.17, 15) is 8.42 Å². The Bertz CT molecular complexity index is 555. The molecule has 1 unspecified atom stereocenters. The van der Waals surface area contributed by atoms with Crippen molar-refractivity contribution < 1.29 is 8.42 Å². The van der Waals surface area contributed by atoms with Gasteiger partial charge in [-0.3, -0.25) is 0 Å². The second kappa shape index (κ2) is 6.24. The van der Waals surface area contributed by atoms with Crippen LogP contribution in [0.3, 0.4) is 0 Å². The first kappa shape index (κ1) is 15.5. The first-order valence-electron chi connectivity index (χ1n) is 7.23. The average molecular weight is 296 g/mol. The molecule has 0 radical (unpaired) electrons. The Balaban J connectivity index is 2.32. The zero-order chi connectivity index (χ0) is 14.8. The van der Waals surface area contributed by atoms with Gasteiger partial charge in [-0.2, -0.15) is 4.31 Å². The molecule has 1 N–H and O–H groups in total. The van der Waals surface area contributed by atoms with Gasteiger partial charge in [-0.1, -0.05) is 26.0 Å². The second-order valence-corrected chi connectivity index (χ2v) is 7.59. The van der Waals surface area contributed by atoms with E-state index in [1.54, 1.807) is 10.4 Å². The van der Waals surface area contributed by atoms with E-state index in [0.717, 1.165) is 18.4 Å². The fourth-order valence-electron chi connectivity index (χ4n) is 2.73. The van der Waals surface area contributed by atoms with Crippen LogP contribution in [-0.4, -0.2) is 38.9 Å². The first-order chi connectivity index (χ1) is 9.46. The minimum atomic E-state index is -3.37. The average Bonchev–Trinajstić information content (AvgIpc) is 2.88. The third-order valence-electron chi connectivity index (χ3n) is 3.89. The van der Waals surface area contributed by atoms with Crippen molar-refractivity contribution in [2.45, 2.75) is 43.5 Å². The summed E-state index contributed by atoms with van der Waals surface area (Å²) in [6, 6.07) is 7.42. The van der Waals surface area contributed by atoms with Crippen LogP contribution in [0.5, 0.6) is 0 Å². The molecule has 1 atom stereocenters. The number of rotatable bonds is 5. The normalized spacial score (nSPS) is 20.7. The van der Waals surface area contributed by atoms with E-state index in [4.69, 9.17) is 0 Å². The van der Waals surface area contributed by atoms with Crippen molar-refractivity contribution in [1.29, 1.82) is 0 Å². The summed E-state index contributed by atoms with van der Waals surface area (Å²) >= 11 is 0. The maximum Gasteiger partial charge on any atom is 0.243 e. The molecule has 5 heteroatoms. The molecule has 1 aliphatic heterocycles. The number of sulfonamides is 1. The molecule has 1 heterocycles. The lowest BCUT2D eigenvalue weighted by Gasteiger charge is -2.24. The fraction of sp³-hybridized carbons (Fsp3) is 0.600. The number of nitrogens with zero attached hydrogens (tertiary/aromatic N) is 1. The summed E-state index contributed by atoms with van der Waals surface area (Å²) in [5.41, 5.74) is 1.07. The van der Waals surface area contributed by atoms with Crippen molar-refractivity contribution in [2.75, 3.05) is 20.1 Å². The molecule has 0 bridgehead atoms. The Labute approximate surface area is 122 Å². The maximum atomic E-state index is 12.8. The van der Waals surface area contributed by atoms with Gasteiger partial charge in [-0.05, 0) is 43.5 Å². The van der Waals surface area contributed by atoms with Crippen LogP contribution < -0.4 is 5.32 Å². The summed E-state index contributed by atoms with van der Waals surface area (Å²) < 4.78 is 27.2. The van der Waals surface area contributed by atoms with Gasteiger partial charge >= 0.3 is 0 Å². The van der Waals surface area contributed by atoms with Gasteiger partial charge < -0.3 is 5.32 Å². The van der Waals surface area contributed by atoms with Gasteiger partial charge in [0.25, 0.3) is 0 Å². The van der Waals surface area contributed by atoms with Crippen molar-refractivity contribution in [1.82, 2.24) is 9.62 Å². The molecule has 0 amide bonds. The summed E-state index contributed by atoms with van der Waals surface area (Å²) in [6.45, 7) is 5.49. The smallest absolute Gasteiger partial charge is 0.243 e.